The van der Waals surface area contributed by atoms with Crippen LogP contribution < -0.4 is 5.32 Å². The average Bonchev–Trinajstić information content (AvgIpc) is 3.66. The number of pyridine rings is 1. The Morgan fingerprint density at radius 1 is 0.950 bits per heavy atom. The lowest BCUT2D eigenvalue weighted by molar-refractivity contribution is 0.0959. The predicted octanol–water partition coefficient (Wildman–Crippen LogP) is 6.92. The summed E-state index contributed by atoms with van der Waals surface area (Å²) in [6.45, 7) is 1.86. The molecular formula is C33H27F2N3O2. The molecule has 0 unspecified atom stereocenters. The maximum absolute atomic E-state index is 15.6. The molecule has 40 heavy (non-hydrogen) atoms. The van der Waals surface area contributed by atoms with Gasteiger partial charge in [0.15, 0.2) is 5.78 Å². The number of halogens is 2. The molecular weight excluding hydrogens is 508 g/mol. The van der Waals surface area contributed by atoms with Gasteiger partial charge in [-0.3, -0.25) is 9.59 Å². The number of Topliss-reactive ketones (excluding diaryl/α,β-unsaturated/α-hetero) is 1. The minimum atomic E-state index is -0.542. The van der Waals surface area contributed by atoms with Crippen molar-refractivity contribution in [3.05, 3.63) is 119 Å². The van der Waals surface area contributed by atoms with Crippen molar-refractivity contribution in [1.29, 1.82) is 0 Å². The number of ketones is 1. The summed E-state index contributed by atoms with van der Waals surface area (Å²) in [6, 6.07) is 22.7. The molecule has 3 aromatic carbocycles. The van der Waals surface area contributed by atoms with Crippen LogP contribution in [0.25, 0.3) is 27.9 Å². The van der Waals surface area contributed by atoms with E-state index in [1.54, 1.807) is 18.2 Å². The van der Waals surface area contributed by atoms with Crippen LogP contribution in [0.5, 0.6) is 0 Å². The molecule has 1 aliphatic rings. The van der Waals surface area contributed by atoms with Gasteiger partial charge in [-0.15, -0.1) is 0 Å². The fraction of sp³-hybridized carbons (Fsp3) is 0.182. The second-order valence-corrected chi connectivity index (χ2v) is 10.5. The lowest BCUT2D eigenvalue weighted by atomic mass is 9.87. The van der Waals surface area contributed by atoms with E-state index in [1.165, 1.54) is 47.6 Å². The quantitative estimate of drug-likeness (QED) is 0.230. The number of aryl methyl sites for hydroxylation is 1. The molecule has 0 bridgehead atoms. The van der Waals surface area contributed by atoms with Gasteiger partial charge >= 0.3 is 0 Å². The molecule has 0 atom stereocenters. The van der Waals surface area contributed by atoms with Gasteiger partial charge in [-0.1, -0.05) is 42.5 Å². The van der Waals surface area contributed by atoms with E-state index >= 15 is 4.39 Å². The van der Waals surface area contributed by atoms with Crippen LogP contribution in [-0.2, 0) is 5.41 Å². The zero-order valence-electron chi connectivity index (χ0n) is 22.2. The predicted molar refractivity (Wildman–Crippen MR) is 150 cm³/mol. The second kappa shape index (κ2) is 9.83. The third-order valence-electron chi connectivity index (χ3n) is 7.88. The Kier molecular flexibility index (Phi) is 6.29. The van der Waals surface area contributed by atoms with Crippen LogP contribution in [0.4, 0.5) is 8.78 Å². The van der Waals surface area contributed by atoms with Crippen molar-refractivity contribution in [1.82, 2.24) is 14.9 Å². The number of fused-ring (bicyclic) bond motifs is 1. The molecule has 6 rings (SSSR count). The highest BCUT2D eigenvalue weighted by molar-refractivity contribution is 6.07. The molecule has 2 aromatic heterocycles. The van der Waals surface area contributed by atoms with E-state index in [0.717, 1.165) is 18.4 Å². The average molecular weight is 536 g/mol. The lowest BCUT2D eigenvalue weighted by Crippen LogP contribution is -2.18. The SMILES string of the molecule is CNC(=O)c1c(-c2ccc(F)cc2)nn2cc(F)c(-c3cc(C(=O)CC4(c5ccccc5)CC4)ccc3C)cc12. The van der Waals surface area contributed by atoms with Crippen molar-refractivity contribution in [2.45, 2.75) is 31.6 Å². The van der Waals surface area contributed by atoms with Gasteiger partial charge < -0.3 is 5.32 Å². The Bertz CT molecular complexity index is 1770. The van der Waals surface area contributed by atoms with E-state index < -0.39 is 17.5 Å². The molecule has 5 nitrogen and oxygen atoms in total. The molecule has 5 aromatic rings. The second-order valence-electron chi connectivity index (χ2n) is 10.5. The van der Waals surface area contributed by atoms with Crippen LogP contribution in [0.1, 0.15) is 51.1 Å². The number of carbonyl (C=O) groups is 2. The van der Waals surface area contributed by atoms with E-state index in [1.807, 2.05) is 31.2 Å². The summed E-state index contributed by atoms with van der Waals surface area (Å²) in [6.07, 6.45) is 3.55. The molecule has 0 spiro atoms. The summed E-state index contributed by atoms with van der Waals surface area (Å²) in [7, 11) is 1.51. The van der Waals surface area contributed by atoms with Crippen molar-refractivity contribution in [2.75, 3.05) is 7.05 Å². The van der Waals surface area contributed by atoms with Gasteiger partial charge in [0, 0.05) is 35.6 Å². The summed E-state index contributed by atoms with van der Waals surface area (Å²) in [4.78, 5) is 26.4. The zero-order chi connectivity index (χ0) is 28.0. The van der Waals surface area contributed by atoms with Crippen molar-refractivity contribution in [3.63, 3.8) is 0 Å². The number of carbonyl (C=O) groups excluding carboxylic acids is 2. The maximum atomic E-state index is 15.6. The van der Waals surface area contributed by atoms with Gasteiger partial charge in [0.1, 0.15) is 17.3 Å². The number of hydrogen-bond acceptors (Lipinski definition) is 3. The highest BCUT2D eigenvalue weighted by Gasteiger charge is 2.45. The summed E-state index contributed by atoms with van der Waals surface area (Å²) < 4.78 is 30.5. The van der Waals surface area contributed by atoms with Gasteiger partial charge in [-0.25, -0.2) is 13.3 Å². The van der Waals surface area contributed by atoms with Crippen molar-refractivity contribution in [2.24, 2.45) is 0 Å². The summed E-state index contributed by atoms with van der Waals surface area (Å²) in [5.41, 5.74) is 4.68. The van der Waals surface area contributed by atoms with E-state index in [-0.39, 0.29) is 22.3 Å². The molecule has 0 saturated heterocycles. The number of amides is 1. The largest absolute Gasteiger partial charge is 0.355 e. The third kappa shape index (κ3) is 4.47. The molecule has 0 aliphatic heterocycles. The molecule has 1 amide bonds. The maximum Gasteiger partial charge on any atom is 0.255 e. The smallest absolute Gasteiger partial charge is 0.255 e. The molecule has 1 saturated carbocycles. The number of nitrogens with zero attached hydrogens (tertiary/aromatic N) is 2. The Morgan fingerprint density at radius 2 is 1.68 bits per heavy atom. The molecule has 1 fully saturated rings. The van der Waals surface area contributed by atoms with Crippen molar-refractivity contribution in [3.8, 4) is 22.4 Å². The third-order valence-corrected chi connectivity index (χ3v) is 7.88. The minimum absolute atomic E-state index is 0.0121. The molecule has 1 N–H and O–H groups in total. The van der Waals surface area contributed by atoms with Gasteiger partial charge in [0.05, 0.1) is 17.3 Å². The fourth-order valence-corrected chi connectivity index (χ4v) is 5.44. The number of aromatic nitrogens is 2. The molecule has 2 heterocycles. The monoisotopic (exact) mass is 535 g/mol. The van der Waals surface area contributed by atoms with Crippen LogP contribution in [-0.4, -0.2) is 28.4 Å². The van der Waals surface area contributed by atoms with Crippen molar-refractivity contribution < 1.29 is 18.4 Å². The minimum Gasteiger partial charge on any atom is -0.355 e. The van der Waals surface area contributed by atoms with E-state index in [4.69, 9.17) is 0 Å². The first kappa shape index (κ1) is 25.6. The summed E-state index contributed by atoms with van der Waals surface area (Å²) in [5, 5.41) is 7.09. The van der Waals surface area contributed by atoms with E-state index in [0.29, 0.717) is 34.3 Å². The Labute approximate surface area is 230 Å². The topological polar surface area (TPSA) is 63.5 Å². The Hall–Kier alpha value is -4.65. The first-order chi connectivity index (χ1) is 19.3. The summed E-state index contributed by atoms with van der Waals surface area (Å²) >= 11 is 0. The highest BCUT2D eigenvalue weighted by Crippen LogP contribution is 2.51. The van der Waals surface area contributed by atoms with Crippen LogP contribution in [0.2, 0.25) is 0 Å². The number of hydrogen-bond donors (Lipinski definition) is 1. The molecule has 200 valence electrons. The summed E-state index contributed by atoms with van der Waals surface area (Å²) in [5.74, 6) is -1.34. The highest BCUT2D eigenvalue weighted by atomic mass is 19.1. The molecule has 0 radical (unpaired) electrons. The Balaban J connectivity index is 1.42. The van der Waals surface area contributed by atoms with Crippen molar-refractivity contribution >= 4 is 17.2 Å². The first-order valence-corrected chi connectivity index (χ1v) is 13.2. The normalized spacial score (nSPS) is 13.8. The molecule has 1 aliphatic carbocycles. The van der Waals surface area contributed by atoms with Gasteiger partial charge in [0.25, 0.3) is 5.91 Å². The zero-order valence-corrected chi connectivity index (χ0v) is 22.2. The van der Waals surface area contributed by atoms with Crippen LogP contribution in [0.3, 0.4) is 0 Å². The fourth-order valence-electron chi connectivity index (χ4n) is 5.44. The van der Waals surface area contributed by atoms with Crippen LogP contribution >= 0.6 is 0 Å². The van der Waals surface area contributed by atoms with E-state index in [2.05, 4.69) is 22.5 Å². The number of nitrogens with one attached hydrogen (secondary N) is 1. The Morgan fingerprint density at radius 3 is 2.35 bits per heavy atom. The van der Waals surface area contributed by atoms with Crippen LogP contribution in [0, 0.1) is 18.6 Å². The molecule has 7 heteroatoms. The van der Waals surface area contributed by atoms with Gasteiger partial charge in [0.2, 0.25) is 0 Å². The number of benzene rings is 3. The van der Waals surface area contributed by atoms with E-state index in [9.17, 15) is 14.0 Å². The van der Waals surface area contributed by atoms with Crippen LogP contribution in [0.15, 0.2) is 85.1 Å². The van der Waals surface area contributed by atoms with Gasteiger partial charge in [-0.2, -0.15) is 5.10 Å². The number of rotatable bonds is 7. The standard InChI is InChI=1S/C33H27F2N3O2/c1-20-8-9-22(29(39)18-33(14-15-33)23-6-4-3-5-7-23)16-25(20)26-17-28-30(32(40)36-2)31(37-38(28)19-27(26)35)21-10-12-24(34)13-11-21/h3-13,16-17,19H,14-15,18H2,1-2H3,(H,36,40). The van der Waals surface area contributed by atoms with Gasteiger partial charge in [-0.05, 0) is 72.9 Å². The first-order valence-electron chi connectivity index (χ1n) is 13.2. The lowest BCUT2D eigenvalue weighted by Gasteiger charge is -2.16.